The zero-order valence-corrected chi connectivity index (χ0v) is 12.2. The van der Waals surface area contributed by atoms with E-state index in [4.69, 9.17) is 4.84 Å². The number of nitrogens with one attached hydrogen (secondary N) is 1. The molecule has 94 valence electrons. The van der Waals surface area contributed by atoms with E-state index in [1.165, 1.54) is 12.0 Å². The zero-order valence-electron chi connectivity index (χ0n) is 10.6. The molecule has 0 spiro atoms. The molecule has 1 aromatic rings. The summed E-state index contributed by atoms with van der Waals surface area (Å²) in [6.07, 6.45) is 5.29. The highest BCUT2D eigenvalue weighted by atomic mass is 79.9. The Morgan fingerprint density at radius 1 is 1.41 bits per heavy atom. The van der Waals surface area contributed by atoms with Crippen molar-refractivity contribution in [3.05, 3.63) is 28.5 Å². The van der Waals surface area contributed by atoms with Crippen LogP contribution in [0.3, 0.4) is 0 Å². The first-order valence-electron chi connectivity index (χ1n) is 5.99. The van der Waals surface area contributed by atoms with E-state index in [-0.39, 0.29) is 11.1 Å². The first kappa shape index (κ1) is 13.0. The normalized spacial score (nSPS) is 18.8. The quantitative estimate of drug-likeness (QED) is 0.684. The largest absolute Gasteiger partial charge is 0.295 e. The van der Waals surface area contributed by atoms with Gasteiger partial charge in [-0.05, 0) is 73.7 Å². The minimum Gasteiger partial charge on any atom is -0.295 e. The Morgan fingerprint density at radius 3 is 2.59 bits per heavy atom. The highest BCUT2D eigenvalue weighted by molar-refractivity contribution is 9.10. The Morgan fingerprint density at radius 2 is 2.12 bits per heavy atom. The fraction of sp³-hybridized carbons (Fsp3) is 0.615. The van der Waals surface area contributed by atoms with Gasteiger partial charge in [0.05, 0.1) is 11.1 Å². The van der Waals surface area contributed by atoms with E-state index in [9.17, 15) is 0 Å². The van der Waals surface area contributed by atoms with Crippen molar-refractivity contribution in [1.82, 2.24) is 10.5 Å². The highest BCUT2D eigenvalue weighted by Crippen LogP contribution is 2.42. The van der Waals surface area contributed by atoms with E-state index in [2.05, 4.69) is 59.3 Å². The lowest BCUT2D eigenvalue weighted by Crippen LogP contribution is -2.50. The molecule has 0 aromatic carbocycles. The topological polar surface area (TPSA) is 34.1 Å². The second kappa shape index (κ2) is 4.67. The van der Waals surface area contributed by atoms with E-state index in [1.807, 2.05) is 6.20 Å². The molecule has 0 saturated heterocycles. The van der Waals surface area contributed by atoms with Crippen molar-refractivity contribution >= 4 is 15.9 Å². The van der Waals surface area contributed by atoms with Gasteiger partial charge in [0.25, 0.3) is 0 Å². The monoisotopic (exact) mass is 298 g/mol. The van der Waals surface area contributed by atoms with Crippen molar-refractivity contribution in [2.45, 2.75) is 51.2 Å². The number of halogens is 1. The van der Waals surface area contributed by atoms with E-state index in [0.717, 1.165) is 17.4 Å². The average molecular weight is 299 g/mol. The summed E-state index contributed by atoms with van der Waals surface area (Å²) < 4.78 is 0.874. The van der Waals surface area contributed by atoms with E-state index in [0.29, 0.717) is 0 Å². The molecule has 17 heavy (non-hydrogen) atoms. The Hall–Kier alpha value is -0.450. The summed E-state index contributed by atoms with van der Waals surface area (Å²) in [5.74, 6) is 0. The number of rotatable bonds is 3. The lowest BCUT2D eigenvalue weighted by molar-refractivity contribution is -0.134. The summed E-state index contributed by atoms with van der Waals surface area (Å²) in [7, 11) is 0. The molecule has 1 aromatic heterocycles. The predicted octanol–water partition coefficient (Wildman–Crippen LogP) is 3.54. The van der Waals surface area contributed by atoms with Crippen molar-refractivity contribution in [1.29, 1.82) is 0 Å². The zero-order chi connectivity index (χ0) is 12.5. The SMILES string of the molecule is CC(C)(C)ONC1(c2ccnc(Br)c2)CCC1. The van der Waals surface area contributed by atoms with Gasteiger partial charge >= 0.3 is 0 Å². The number of pyridine rings is 1. The molecular formula is C13H19BrN2O. The Labute approximate surface area is 111 Å². The van der Waals surface area contributed by atoms with Gasteiger partial charge < -0.3 is 0 Å². The second-order valence-electron chi connectivity index (χ2n) is 5.62. The summed E-state index contributed by atoms with van der Waals surface area (Å²) >= 11 is 3.42. The predicted molar refractivity (Wildman–Crippen MR) is 71.4 cm³/mol. The van der Waals surface area contributed by atoms with Gasteiger partial charge in [-0.3, -0.25) is 4.84 Å². The minimum atomic E-state index is -0.174. The molecule has 1 heterocycles. The Kier molecular flexibility index (Phi) is 3.57. The highest BCUT2D eigenvalue weighted by Gasteiger charge is 2.40. The average Bonchev–Trinajstić information content (AvgIpc) is 2.14. The molecule has 1 fully saturated rings. The van der Waals surface area contributed by atoms with Crippen LogP contribution in [0.25, 0.3) is 0 Å². The Balaban J connectivity index is 2.14. The minimum absolute atomic E-state index is 0.0290. The van der Waals surface area contributed by atoms with E-state index >= 15 is 0 Å². The Bertz CT molecular complexity index is 397. The molecular weight excluding hydrogens is 280 g/mol. The summed E-state index contributed by atoms with van der Waals surface area (Å²) in [4.78, 5) is 9.91. The van der Waals surface area contributed by atoms with Gasteiger partial charge in [-0.2, -0.15) is 5.48 Å². The van der Waals surface area contributed by atoms with Crippen LogP contribution in [-0.2, 0) is 10.4 Å². The molecule has 1 saturated carbocycles. The molecule has 2 rings (SSSR count). The maximum Gasteiger partial charge on any atom is 0.106 e. The maximum atomic E-state index is 5.75. The van der Waals surface area contributed by atoms with Gasteiger partial charge in [0.2, 0.25) is 0 Å². The van der Waals surface area contributed by atoms with Crippen molar-refractivity contribution < 1.29 is 4.84 Å². The number of hydrogen-bond acceptors (Lipinski definition) is 3. The van der Waals surface area contributed by atoms with Gasteiger partial charge in [0.1, 0.15) is 4.60 Å². The number of aromatic nitrogens is 1. The number of hydroxylamine groups is 1. The summed E-state index contributed by atoms with van der Waals surface area (Å²) in [5, 5.41) is 0. The molecule has 0 bridgehead atoms. The molecule has 1 aliphatic carbocycles. The van der Waals surface area contributed by atoms with Crippen LogP contribution < -0.4 is 5.48 Å². The maximum absolute atomic E-state index is 5.75. The van der Waals surface area contributed by atoms with Gasteiger partial charge in [0.15, 0.2) is 0 Å². The molecule has 0 radical (unpaired) electrons. The van der Waals surface area contributed by atoms with Crippen molar-refractivity contribution in [2.75, 3.05) is 0 Å². The van der Waals surface area contributed by atoms with Crippen LogP contribution in [0.2, 0.25) is 0 Å². The summed E-state index contributed by atoms with van der Waals surface area (Å²) in [6, 6.07) is 4.13. The summed E-state index contributed by atoms with van der Waals surface area (Å²) in [6.45, 7) is 6.15. The van der Waals surface area contributed by atoms with Gasteiger partial charge in [-0.1, -0.05) is 0 Å². The molecule has 4 heteroatoms. The third kappa shape index (κ3) is 3.06. The molecule has 0 aliphatic heterocycles. The third-order valence-electron chi connectivity index (χ3n) is 3.04. The van der Waals surface area contributed by atoms with Crippen LogP contribution in [0.4, 0.5) is 0 Å². The van der Waals surface area contributed by atoms with Crippen molar-refractivity contribution in [3.8, 4) is 0 Å². The number of nitrogens with zero attached hydrogens (tertiary/aromatic N) is 1. The van der Waals surface area contributed by atoms with E-state index < -0.39 is 0 Å². The fourth-order valence-electron chi connectivity index (χ4n) is 1.93. The van der Waals surface area contributed by atoms with Gasteiger partial charge in [-0.25, -0.2) is 4.98 Å². The summed E-state index contributed by atoms with van der Waals surface area (Å²) in [5.41, 5.74) is 4.31. The van der Waals surface area contributed by atoms with Crippen molar-refractivity contribution in [3.63, 3.8) is 0 Å². The molecule has 0 atom stereocenters. The smallest absolute Gasteiger partial charge is 0.106 e. The van der Waals surface area contributed by atoms with E-state index in [1.54, 1.807) is 0 Å². The van der Waals surface area contributed by atoms with Crippen LogP contribution in [0.15, 0.2) is 22.9 Å². The van der Waals surface area contributed by atoms with Gasteiger partial charge in [-0.15, -0.1) is 0 Å². The van der Waals surface area contributed by atoms with Crippen LogP contribution >= 0.6 is 15.9 Å². The van der Waals surface area contributed by atoms with Crippen LogP contribution in [-0.4, -0.2) is 10.6 Å². The molecule has 0 amide bonds. The van der Waals surface area contributed by atoms with Gasteiger partial charge in [0, 0.05) is 6.20 Å². The van der Waals surface area contributed by atoms with Crippen LogP contribution in [0, 0.1) is 0 Å². The van der Waals surface area contributed by atoms with Crippen LogP contribution in [0.1, 0.15) is 45.6 Å². The lowest BCUT2D eigenvalue weighted by Gasteiger charge is -2.44. The first-order chi connectivity index (χ1) is 7.91. The molecule has 3 nitrogen and oxygen atoms in total. The lowest BCUT2D eigenvalue weighted by atomic mass is 9.73. The standard InChI is InChI=1S/C13H19BrN2O/c1-12(2,3)17-16-13(6-4-7-13)10-5-8-15-11(14)9-10/h5,8-9,16H,4,6-7H2,1-3H3. The fourth-order valence-corrected chi connectivity index (χ4v) is 2.30. The third-order valence-corrected chi connectivity index (χ3v) is 3.47. The number of hydrogen-bond donors (Lipinski definition) is 1. The van der Waals surface area contributed by atoms with Crippen LogP contribution in [0.5, 0.6) is 0 Å². The first-order valence-corrected chi connectivity index (χ1v) is 6.78. The second-order valence-corrected chi connectivity index (χ2v) is 6.43. The molecule has 0 unspecified atom stereocenters. The van der Waals surface area contributed by atoms with Crippen molar-refractivity contribution in [2.24, 2.45) is 0 Å². The molecule has 1 aliphatic rings. The molecule has 1 N–H and O–H groups in total.